The van der Waals surface area contributed by atoms with Crippen LogP contribution in [-0.2, 0) is 0 Å². The number of carbonyl (C=O) groups is 1. The van der Waals surface area contributed by atoms with Gasteiger partial charge >= 0.3 is 0 Å². The van der Waals surface area contributed by atoms with E-state index in [9.17, 15) is 9.90 Å². The van der Waals surface area contributed by atoms with Crippen molar-refractivity contribution in [3.8, 4) is 5.75 Å². The summed E-state index contributed by atoms with van der Waals surface area (Å²) in [5.41, 5.74) is 0.508. The molecule has 0 amide bonds. The second-order valence-electron chi connectivity index (χ2n) is 2.96. The molecule has 0 saturated carbocycles. The first-order valence-corrected chi connectivity index (χ1v) is 4.82. The summed E-state index contributed by atoms with van der Waals surface area (Å²) in [7, 11) is 0. The number of halogens is 2. The number of hydrogen-bond donors (Lipinski definition) is 1. The third-order valence-electron chi connectivity index (χ3n) is 2.01. The molecule has 0 aliphatic heterocycles. The number of hydrogen-bond acceptors (Lipinski definition) is 3. The number of pyridine rings is 1. The third kappa shape index (κ3) is 1.76. The zero-order chi connectivity index (χ0) is 11.0. The van der Waals surface area contributed by atoms with Gasteiger partial charge in [-0.1, -0.05) is 11.6 Å². The molecule has 0 spiro atoms. The van der Waals surface area contributed by atoms with Gasteiger partial charge in [-0.25, -0.2) is 0 Å². The summed E-state index contributed by atoms with van der Waals surface area (Å²) in [6.45, 7) is 0. The molecule has 1 heterocycles. The number of carbonyl (C=O) groups excluding carboxylic acids is 1. The standard InChI is InChI=1S/C10H5Cl2NO2/c11-5-1-2-6-8(3-5)13-4-7(9(6)14)10(12)15/h1-4H,(H,13,14). The van der Waals surface area contributed by atoms with Crippen molar-refractivity contribution in [2.75, 3.05) is 0 Å². The van der Waals surface area contributed by atoms with Crippen molar-refractivity contribution in [3.63, 3.8) is 0 Å². The predicted molar refractivity (Wildman–Crippen MR) is 58.6 cm³/mol. The molecule has 1 aromatic heterocycles. The maximum absolute atomic E-state index is 10.9. The van der Waals surface area contributed by atoms with Gasteiger partial charge in [0.2, 0.25) is 0 Å². The van der Waals surface area contributed by atoms with Gasteiger partial charge in [-0.15, -0.1) is 0 Å². The lowest BCUT2D eigenvalue weighted by Crippen LogP contribution is -1.92. The Bertz CT molecular complexity index is 554. The normalized spacial score (nSPS) is 10.5. The van der Waals surface area contributed by atoms with Gasteiger partial charge < -0.3 is 5.11 Å². The minimum atomic E-state index is -0.739. The van der Waals surface area contributed by atoms with Gasteiger partial charge in [0.25, 0.3) is 5.24 Å². The van der Waals surface area contributed by atoms with Crippen molar-refractivity contribution in [1.82, 2.24) is 4.98 Å². The molecule has 0 radical (unpaired) electrons. The van der Waals surface area contributed by atoms with Crippen molar-refractivity contribution < 1.29 is 9.90 Å². The molecule has 3 nitrogen and oxygen atoms in total. The topological polar surface area (TPSA) is 50.2 Å². The van der Waals surface area contributed by atoms with Crippen LogP contribution in [0.5, 0.6) is 5.75 Å². The van der Waals surface area contributed by atoms with Crippen LogP contribution in [0.15, 0.2) is 24.4 Å². The quantitative estimate of drug-likeness (QED) is 0.782. The molecule has 0 saturated heterocycles. The van der Waals surface area contributed by atoms with E-state index in [1.165, 1.54) is 6.20 Å². The molecule has 0 fully saturated rings. The lowest BCUT2D eigenvalue weighted by molar-refractivity contribution is 0.107. The third-order valence-corrected chi connectivity index (χ3v) is 2.45. The first kappa shape index (κ1) is 10.2. The Labute approximate surface area is 95.3 Å². The summed E-state index contributed by atoms with van der Waals surface area (Å²) >= 11 is 11.0. The van der Waals surface area contributed by atoms with Crippen molar-refractivity contribution >= 4 is 39.3 Å². The Morgan fingerprint density at radius 1 is 1.40 bits per heavy atom. The SMILES string of the molecule is O=C(Cl)c1cnc2cc(Cl)ccc2c1O. The molecule has 2 aromatic rings. The van der Waals surface area contributed by atoms with Gasteiger partial charge in [-0.3, -0.25) is 9.78 Å². The van der Waals surface area contributed by atoms with E-state index in [1.807, 2.05) is 0 Å². The Morgan fingerprint density at radius 3 is 2.80 bits per heavy atom. The van der Waals surface area contributed by atoms with E-state index in [0.29, 0.717) is 15.9 Å². The molecule has 0 atom stereocenters. The van der Waals surface area contributed by atoms with E-state index in [1.54, 1.807) is 18.2 Å². The Hall–Kier alpha value is -1.32. The fourth-order valence-electron chi connectivity index (χ4n) is 1.30. The van der Waals surface area contributed by atoms with Crippen molar-refractivity contribution in [1.29, 1.82) is 0 Å². The number of fused-ring (bicyclic) bond motifs is 1. The fraction of sp³-hybridized carbons (Fsp3) is 0. The summed E-state index contributed by atoms with van der Waals surface area (Å²) in [6, 6.07) is 4.79. The van der Waals surface area contributed by atoms with E-state index in [4.69, 9.17) is 23.2 Å². The summed E-state index contributed by atoms with van der Waals surface area (Å²) in [6.07, 6.45) is 1.23. The van der Waals surface area contributed by atoms with Crippen LogP contribution in [0.3, 0.4) is 0 Å². The number of benzene rings is 1. The van der Waals surface area contributed by atoms with Crippen LogP contribution in [0.4, 0.5) is 0 Å². The van der Waals surface area contributed by atoms with Crippen molar-refractivity contribution in [3.05, 3.63) is 35.0 Å². The number of nitrogens with zero attached hydrogens (tertiary/aromatic N) is 1. The zero-order valence-electron chi connectivity index (χ0n) is 7.37. The molecule has 15 heavy (non-hydrogen) atoms. The summed E-state index contributed by atoms with van der Waals surface area (Å²) in [5.74, 6) is -0.170. The maximum atomic E-state index is 10.9. The summed E-state index contributed by atoms with van der Waals surface area (Å²) in [5, 5.41) is 9.95. The van der Waals surface area contributed by atoms with Crippen LogP contribution in [0.1, 0.15) is 10.4 Å². The van der Waals surface area contributed by atoms with E-state index in [0.717, 1.165) is 0 Å². The molecule has 2 rings (SSSR count). The monoisotopic (exact) mass is 241 g/mol. The van der Waals surface area contributed by atoms with Gasteiger partial charge in [0.1, 0.15) is 5.75 Å². The molecular formula is C10H5Cl2NO2. The first-order valence-electron chi connectivity index (χ1n) is 4.06. The van der Waals surface area contributed by atoms with Crippen molar-refractivity contribution in [2.24, 2.45) is 0 Å². The number of aromatic nitrogens is 1. The van der Waals surface area contributed by atoms with Gasteiger partial charge in [0, 0.05) is 16.6 Å². The highest BCUT2D eigenvalue weighted by molar-refractivity contribution is 6.68. The van der Waals surface area contributed by atoms with E-state index >= 15 is 0 Å². The lowest BCUT2D eigenvalue weighted by Gasteiger charge is -2.03. The van der Waals surface area contributed by atoms with Gasteiger partial charge in [0.05, 0.1) is 11.1 Å². The second-order valence-corrected chi connectivity index (χ2v) is 3.74. The van der Waals surface area contributed by atoms with Crippen LogP contribution >= 0.6 is 23.2 Å². The molecular weight excluding hydrogens is 237 g/mol. The molecule has 1 aromatic carbocycles. The van der Waals surface area contributed by atoms with Crippen molar-refractivity contribution in [2.45, 2.75) is 0 Å². The molecule has 76 valence electrons. The van der Waals surface area contributed by atoms with Gasteiger partial charge in [-0.05, 0) is 29.8 Å². The highest BCUT2D eigenvalue weighted by atomic mass is 35.5. The van der Waals surface area contributed by atoms with Crippen LogP contribution in [0, 0.1) is 0 Å². The highest BCUT2D eigenvalue weighted by Gasteiger charge is 2.12. The van der Waals surface area contributed by atoms with Crippen LogP contribution in [-0.4, -0.2) is 15.3 Å². The average Bonchev–Trinajstić information content (AvgIpc) is 2.17. The smallest absolute Gasteiger partial charge is 0.257 e. The minimum Gasteiger partial charge on any atom is -0.506 e. The maximum Gasteiger partial charge on any atom is 0.257 e. The Morgan fingerprint density at radius 2 is 2.13 bits per heavy atom. The van der Waals surface area contributed by atoms with Crippen LogP contribution < -0.4 is 0 Å². The van der Waals surface area contributed by atoms with E-state index in [2.05, 4.69) is 4.98 Å². The van der Waals surface area contributed by atoms with Gasteiger partial charge in [0.15, 0.2) is 0 Å². The predicted octanol–water partition coefficient (Wildman–Crippen LogP) is 2.97. The average molecular weight is 242 g/mol. The molecule has 5 heteroatoms. The van der Waals surface area contributed by atoms with E-state index in [-0.39, 0.29) is 11.3 Å². The highest BCUT2D eigenvalue weighted by Crippen LogP contribution is 2.29. The number of aromatic hydroxyl groups is 1. The molecule has 0 aliphatic rings. The molecule has 0 aliphatic carbocycles. The fourth-order valence-corrected chi connectivity index (χ4v) is 1.60. The second kappa shape index (κ2) is 3.68. The molecule has 1 N–H and O–H groups in total. The van der Waals surface area contributed by atoms with Gasteiger partial charge in [-0.2, -0.15) is 0 Å². The van der Waals surface area contributed by atoms with Crippen LogP contribution in [0.2, 0.25) is 5.02 Å². The van der Waals surface area contributed by atoms with Crippen LogP contribution in [0.25, 0.3) is 10.9 Å². The number of rotatable bonds is 1. The molecule has 0 bridgehead atoms. The summed E-state index contributed by atoms with van der Waals surface area (Å²) in [4.78, 5) is 14.9. The Kier molecular flexibility index (Phi) is 2.50. The minimum absolute atomic E-state index is 0.00788. The molecule has 0 unspecified atom stereocenters. The Balaban J connectivity index is 2.80. The summed E-state index contributed by atoms with van der Waals surface area (Å²) < 4.78 is 0. The first-order chi connectivity index (χ1) is 7.09. The lowest BCUT2D eigenvalue weighted by atomic mass is 10.1. The zero-order valence-corrected chi connectivity index (χ0v) is 8.88. The largest absolute Gasteiger partial charge is 0.506 e. The van der Waals surface area contributed by atoms with E-state index < -0.39 is 5.24 Å².